The Balaban J connectivity index is 0.00000114. The molecule has 1 saturated carbocycles. The van der Waals surface area contributed by atoms with Crippen LogP contribution in [0.15, 0.2) is 66.4 Å². The number of aromatic nitrogens is 3. The van der Waals surface area contributed by atoms with Crippen molar-refractivity contribution in [3.63, 3.8) is 0 Å². The average molecular weight is 641 g/mol. The standard InChI is InChI=1S/C33H39N7O2.C2H7N.C2H6/c1-20(22(3)35-5)9-11-27-8-6-7-25-13-24(19-41)10-12-29(25)33(27,32-37-23(4)38-39-32)16-21(2)36-18-31(42)40-28(17-34)14-26-15-30(26)40;1-3-2;1-2/h8-13,19,21,26,28,30,35-36H,1,3,6-7,14-16,18H2,2,4-5H3,(H,37,38,39);3H,1-2H3;1-2H3/b11-9-;;/t21-,26?,28?,30?,33?;;/m1../s1. The van der Waals surface area contributed by atoms with E-state index < -0.39 is 5.41 Å². The Kier molecular flexibility index (Phi) is 13.4. The number of carbonyl (C=O) groups is 2. The van der Waals surface area contributed by atoms with Gasteiger partial charge in [-0.15, -0.1) is 0 Å². The highest BCUT2D eigenvalue weighted by atomic mass is 16.2. The number of hydrogen-bond donors (Lipinski definition) is 4. The van der Waals surface area contributed by atoms with Crippen LogP contribution in [0.2, 0.25) is 0 Å². The maximum Gasteiger partial charge on any atom is 0.237 e. The molecule has 0 radical (unpaired) electrons. The Morgan fingerprint density at radius 2 is 1.98 bits per heavy atom. The van der Waals surface area contributed by atoms with Gasteiger partial charge in [0.05, 0.1) is 18.0 Å². The number of allylic oxidation sites excluding steroid dienone is 4. The SMILES string of the molecule is C=C(/C=C\C1=CCCc2cc(C=O)ccc2C1(C[C@@H](C)NCC(=O)N1C(C#N)CC2CC21)c1n[nH]c(C)n1)C(=C)NC.CC.CNC. The molecular weight excluding hydrogens is 588 g/mol. The zero-order chi connectivity index (χ0) is 34.7. The van der Waals surface area contributed by atoms with Crippen molar-refractivity contribution >= 4 is 12.2 Å². The van der Waals surface area contributed by atoms with Crippen LogP contribution in [-0.2, 0) is 16.6 Å². The molecule has 0 bridgehead atoms. The summed E-state index contributed by atoms with van der Waals surface area (Å²) in [5.74, 6) is 1.76. The molecule has 2 fully saturated rings. The predicted molar refractivity (Wildman–Crippen MR) is 188 cm³/mol. The Bertz CT molecular complexity index is 1530. The summed E-state index contributed by atoms with van der Waals surface area (Å²) in [5, 5.41) is 26.6. The van der Waals surface area contributed by atoms with Gasteiger partial charge in [-0.25, -0.2) is 4.98 Å². The number of amides is 1. The van der Waals surface area contributed by atoms with Gasteiger partial charge in [0.2, 0.25) is 5.91 Å². The average Bonchev–Trinajstić information content (AvgIpc) is 3.58. The monoisotopic (exact) mass is 640 g/mol. The number of rotatable bonds is 11. The fourth-order valence-electron chi connectivity index (χ4n) is 6.60. The molecule has 3 aliphatic rings. The van der Waals surface area contributed by atoms with E-state index in [0.29, 0.717) is 29.6 Å². The lowest BCUT2D eigenvalue weighted by molar-refractivity contribution is -0.131. The van der Waals surface area contributed by atoms with Gasteiger partial charge in [-0.05, 0) is 94.3 Å². The second kappa shape index (κ2) is 17.0. The van der Waals surface area contributed by atoms with Gasteiger partial charge < -0.3 is 20.9 Å². The summed E-state index contributed by atoms with van der Waals surface area (Å²) in [7, 11) is 5.56. The molecule has 2 aromatic rings. The number of nitriles is 1. The molecule has 2 aliphatic carbocycles. The number of nitrogens with one attached hydrogen (secondary N) is 4. The Labute approximate surface area is 280 Å². The summed E-state index contributed by atoms with van der Waals surface area (Å²) in [6.07, 6.45) is 11.0. The first-order chi connectivity index (χ1) is 22.6. The van der Waals surface area contributed by atoms with Crippen LogP contribution >= 0.6 is 0 Å². The number of aldehydes is 1. The van der Waals surface area contributed by atoms with Crippen molar-refractivity contribution in [3.05, 3.63) is 94.8 Å². The zero-order valence-corrected chi connectivity index (χ0v) is 29.1. The molecule has 1 aromatic carbocycles. The van der Waals surface area contributed by atoms with Crippen LogP contribution in [0.4, 0.5) is 0 Å². The Morgan fingerprint density at radius 1 is 1.26 bits per heavy atom. The summed E-state index contributed by atoms with van der Waals surface area (Å²) in [5.41, 5.74) is 4.43. The topological polar surface area (TPSA) is 139 Å². The van der Waals surface area contributed by atoms with Gasteiger partial charge in [-0.3, -0.25) is 14.7 Å². The zero-order valence-electron chi connectivity index (χ0n) is 29.1. The first-order valence-corrected chi connectivity index (χ1v) is 16.6. The molecule has 1 aromatic heterocycles. The number of fused-ring (bicyclic) bond motifs is 2. The van der Waals surface area contributed by atoms with Crippen LogP contribution in [0, 0.1) is 24.2 Å². The van der Waals surface area contributed by atoms with Crippen LogP contribution in [-0.4, -0.2) is 78.1 Å². The number of hydrogen-bond acceptors (Lipinski definition) is 8. The van der Waals surface area contributed by atoms with E-state index in [4.69, 9.17) is 10.1 Å². The van der Waals surface area contributed by atoms with Crippen molar-refractivity contribution in [2.24, 2.45) is 5.92 Å². The molecule has 5 rings (SSSR count). The van der Waals surface area contributed by atoms with Gasteiger partial charge in [0.1, 0.15) is 18.2 Å². The summed E-state index contributed by atoms with van der Waals surface area (Å²) >= 11 is 0. The van der Waals surface area contributed by atoms with Crippen molar-refractivity contribution in [3.8, 4) is 6.07 Å². The lowest BCUT2D eigenvalue weighted by Crippen LogP contribution is -2.46. The summed E-state index contributed by atoms with van der Waals surface area (Å²) in [4.78, 5) is 31.6. The number of piperidine rings is 1. The molecule has 10 heteroatoms. The fourth-order valence-corrected chi connectivity index (χ4v) is 6.60. The van der Waals surface area contributed by atoms with E-state index in [2.05, 4.69) is 59.4 Å². The number of nitrogens with zero attached hydrogens (tertiary/aromatic N) is 4. The van der Waals surface area contributed by atoms with E-state index in [-0.39, 0.29) is 30.6 Å². The maximum atomic E-state index is 13.3. The largest absolute Gasteiger partial charge is 0.388 e. The molecule has 1 aliphatic heterocycles. The minimum atomic E-state index is -0.782. The Hall–Kier alpha value is -4.33. The van der Waals surface area contributed by atoms with Gasteiger partial charge in [-0.1, -0.05) is 57.4 Å². The Morgan fingerprint density at radius 3 is 2.60 bits per heavy atom. The third-order valence-electron chi connectivity index (χ3n) is 8.88. The van der Waals surface area contributed by atoms with Crippen molar-refractivity contribution in [1.29, 1.82) is 5.26 Å². The van der Waals surface area contributed by atoms with Crippen LogP contribution in [0.1, 0.15) is 79.6 Å². The molecule has 1 amide bonds. The third-order valence-corrected chi connectivity index (χ3v) is 8.88. The molecule has 47 heavy (non-hydrogen) atoms. The fraction of sp³-hybridized carbons (Fsp3) is 0.486. The van der Waals surface area contributed by atoms with Gasteiger partial charge >= 0.3 is 0 Å². The second-order valence-corrected chi connectivity index (χ2v) is 12.2. The number of H-pyrrole nitrogens is 1. The molecule has 4 unspecified atom stereocenters. The first-order valence-electron chi connectivity index (χ1n) is 16.6. The molecular formula is C37H52N8O2. The van der Waals surface area contributed by atoms with Gasteiger partial charge in [0.25, 0.3) is 0 Å². The molecule has 4 N–H and O–H groups in total. The lowest BCUT2D eigenvalue weighted by atomic mass is 9.68. The number of carbonyl (C=O) groups excluding carboxylic acids is 2. The number of aryl methyl sites for hydroxylation is 2. The maximum absolute atomic E-state index is 13.3. The van der Waals surface area contributed by atoms with Crippen LogP contribution in [0.25, 0.3) is 0 Å². The molecule has 10 nitrogen and oxygen atoms in total. The van der Waals surface area contributed by atoms with Gasteiger partial charge in [0, 0.05) is 30.4 Å². The van der Waals surface area contributed by atoms with Crippen molar-refractivity contribution in [1.82, 2.24) is 36.0 Å². The van der Waals surface area contributed by atoms with E-state index in [1.165, 1.54) is 0 Å². The number of likely N-dealkylation sites (tertiary alicyclic amines) is 1. The van der Waals surface area contributed by atoms with Crippen LogP contribution in [0.5, 0.6) is 0 Å². The van der Waals surface area contributed by atoms with Crippen molar-refractivity contribution in [2.75, 3.05) is 27.7 Å². The van der Waals surface area contributed by atoms with E-state index in [1.54, 1.807) is 4.90 Å². The van der Waals surface area contributed by atoms with E-state index in [9.17, 15) is 14.9 Å². The van der Waals surface area contributed by atoms with Crippen LogP contribution in [0.3, 0.4) is 0 Å². The summed E-state index contributed by atoms with van der Waals surface area (Å²) < 4.78 is 0. The molecule has 2 heterocycles. The minimum absolute atomic E-state index is 0.0318. The number of likely N-dealkylation sites (N-methyl/N-ethyl adjacent to an activating group) is 1. The third kappa shape index (κ3) is 8.34. The van der Waals surface area contributed by atoms with Crippen molar-refractivity contribution < 1.29 is 9.59 Å². The lowest BCUT2D eigenvalue weighted by Gasteiger charge is -2.37. The second-order valence-electron chi connectivity index (χ2n) is 12.2. The van der Waals surface area contributed by atoms with Crippen LogP contribution < -0.4 is 16.0 Å². The van der Waals surface area contributed by atoms with E-state index >= 15 is 0 Å². The molecule has 252 valence electrons. The minimum Gasteiger partial charge on any atom is -0.388 e. The molecule has 5 atom stereocenters. The van der Waals surface area contributed by atoms with E-state index in [1.807, 2.05) is 66.2 Å². The number of aromatic amines is 1. The molecule has 1 saturated heterocycles. The highest BCUT2D eigenvalue weighted by molar-refractivity contribution is 5.80. The highest BCUT2D eigenvalue weighted by Crippen LogP contribution is 2.48. The quantitative estimate of drug-likeness (QED) is 0.205. The number of benzene rings is 1. The summed E-state index contributed by atoms with van der Waals surface area (Å²) in [6.45, 7) is 16.3. The normalized spacial score (nSPS) is 22.9. The van der Waals surface area contributed by atoms with Gasteiger partial charge in [-0.2, -0.15) is 10.4 Å². The predicted octanol–water partition coefficient (Wildman–Crippen LogP) is 4.67. The first kappa shape index (κ1) is 37.1. The molecule has 0 spiro atoms. The van der Waals surface area contributed by atoms with Gasteiger partial charge in [0.15, 0.2) is 5.82 Å². The van der Waals surface area contributed by atoms with E-state index in [0.717, 1.165) is 59.9 Å². The van der Waals surface area contributed by atoms with Crippen molar-refractivity contribution in [2.45, 2.75) is 83.3 Å². The smallest absolute Gasteiger partial charge is 0.237 e. The highest BCUT2D eigenvalue weighted by Gasteiger charge is 2.54. The summed E-state index contributed by atoms with van der Waals surface area (Å²) in [6, 6.07) is 7.88.